The van der Waals surface area contributed by atoms with Gasteiger partial charge in [-0.3, -0.25) is 4.79 Å². The van der Waals surface area contributed by atoms with Crippen LogP contribution in [0.5, 0.6) is 0 Å². The molecule has 1 atom stereocenters. The average molecular weight is 197 g/mol. The molecule has 0 bridgehead atoms. The molecule has 0 radical (unpaired) electrons. The molecule has 1 unspecified atom stereocenters. The molecule has 1 heterocycles. The Hall–Kier alpha value is -1.32. The lowest BCUT2D eigenvalue weighted by molar-refractivity contribution is -0.154. The summed E-state index contributed by atoms with van der Waals surface area (Å²) in [6.07, 6.45) is 2.08. The highest BCUT2D eigenvalue weighted by molar-refractivity contribution is 5.87. The maximum Gasteiger partial charge on any atom is 0.329 e. The van der Waals surface area contributed by atoms with Gasteiger partial charge in [0.05, 0.1) is 0 Å². The first-order valence-corrected chi connectivity index (χ1v) is 4.56. The molecule has 0 aliphatic carbocycles. The number of carbonyl (C=O) groups is 2. The number of carboxylic acid groups (broad SMARTS) is 1. The van der Waals surface area contributed by atoms with E-state index in [1.807, 2.05) is 0 Å². The van der Waals surface area contributed by atoms with Crippen molar-refractivity contribution in [3.05, 3.63) is 12.7 Å². The van der Waals surface area contributed by atoms with Crippen LogP contribution in [0, 0.1) is 5.92 Å². The molecule has 1 aliphatic heterocycles. The summed E-state index contributed by atoms with van der Waals surface area (Å²) in [7, 11) is 0. The van der Waals surface area contributed by atoms with E-state index in [9.17, 15) is 9.59 Å². The number of hydrogen-bond donors (Lipinski definition) is 1. The Labute approximate surface area is 83.2 Å². The predicted molar refractivity (Wildman–Crippen MR) is 51.7 cm³/mol. The van der Waals surface area contributed by atoms with Gasteiger partial charge >= 0.3 is 5.97 Å². The molecular formula is C10H15NO3. The van der Waals surface area contributed by atoms with E-state index in [0.29, 0.717) is 13.0 Å². The third-order valence-corrected chi connectivity index (χ3v) is 2.69. The third kappa shape index (κ3) is 1.64. The second-order valence-electron chi connectivity index (χ2n) is 4.07. The van der Waals surface area contributed by atoms with E-state index in [4.69, 9.17) is 5.11 Å². The van der Waals surface area contributed by atoms with Crippen molar-refractivity contribution >= 4 is 11.9 Å². The SMILES string of the molecule is C=CC1CC(=O)N(C(C)(C)C(=O)O)C1. The normalized spacial score (nSPS) is 22.6. The zero-order valence-electron chi connectivity index (χ0n) is 8.49. The average Bonchev–Trinajstić information content (AvgIpc) is 2.47. The fourth-order valence-corrected chi connectivity index (χ4v) is 1.55. The summed E-state index contributed by atoms with van der Waals surface area (Å²) in [6.45, 7) is 7.15. The molecule has 0 aromatic carbocycles. The largest absolute Gasteiger partial charge is 0.480 e. The van der Waals surface area contributed by atoms with Gasteiger partial charge < -0.3 is 10.0 Å². The summed E-state index contributed by atoms with van der Waals surface area (Å²) in [5.41, 5.74) is -1.12. The molecule has 1 aliphatic rings. The summed E-state index contributed by atoms with van der Waals surface area (Å²) in [4.78, 5) is 23.8. The Balaban J connectivity index is 2.85. The van der Waals surface area contributed by atoms with E-state index >= 15 is 0 Å². The van der Waals surface area contributed by atoms with E-state index in [-0.39, 0.29) is 11.8 Å². The molecule has 0 aromatic heterocycles. The molecule has 1 N–H and O–H groups in total. The molecule has 4 nitrogen and oxygen atoms in total. The molecule has 1 amide bonds. The van der Waals surface area contributed by atoms with Crippen molar-refractivity contribution in [1.29, 1.82) is 0 Å². The van der Waals surface area contributed by atoms with Crippen molar-refractivity contribution in [3.63, 3.8) is 0 Å². The van der Waals surface area contributed by atoms with E-state index in [1.165, 1.54) is 4.90 Å². The van der Waals surface area contributed by atoms with Crippen LogP contribution in [0.4, 0.5) is 0 Å². The van der Waals surface area contributed by atoms with E-state index < -0.39 is 11.5 Å². The Morgan fingerprint density at radius 2 is 2.29 bits per heavy atom. The minimum absolute atomic E-state index is 0.0844. The topological polar surface area (TPSA) is 57.6 Å². The van der Waals surface area contributed by atoms with Crippen molar-refractivity contribution in [2.75, 3.05) is 6.54 Å². The fourth-order valence-electron chi connectivity index (χ4n) is 1.55. The fraction of sp³-hybridized carbons (Fsp3) is 0.600. The van der Waals surface area contributed by atoms with Crippen LogP contribution in [-0.4, -0.2) is 34.0 Å². The third-order valence-electron chi connectivity index (χ3n) is 2.69. The van der Waals surface area contributed by atoms with Crippen molar-refractivity contribution in [1.82, 2.24) is 4.90 Å². The first-order valence-electron chi connectivity index (χ1n) is 4.56. The minimum Gasteiger partial charge on any atom is -0.480 e. The number of rotatable bonds is 3. The molecular weight excluding hydrogens is 182 g/mol. The zero-order chi connectivity index (χ0) is 10.9. The smallest absolute Gasteiger partial charge is 0.329 e. The summed E-state index contributed by atoms with van der Waals surface area (Å²) >= 11 is 0. The van der Waals surface area contributed by atoms with Crippen LogP contribution in [0.15, 0.2) is 12.7 Å². The highest BCUT2D eigenvalue weighted by Crippen LogP contribution is 2.26. The molecule has 14 heavy (non-hydrogen) atoms. The van der Waals surface area contributed by atoms with Crippen LogP contribution >= 0.6 is 0 Å². The Bertz CT molecular complexity index is 283. The lowest BCUT2D eigenvalue weighted by Gasteiger charge is -2.31. The molecule has 78 valence electrons. The van der Waals surface area contributed by atoms with Crippen LogP contribution in [-0.2, 0) is 9.59 Å². The van der Waals surface area contributed by atoms with Crippen LogP contribution < -0.4 is 0 Å². The van der Waals surface area contributed by atoms with Crippen molar-refractivity contribution in [2.45, 2.75) is 25.8 Å². The lowest BCUT2D eigenvalue weighted by Crippen LogP contribution is -2.50. The first kappa shape index (κ1) is 10.8. The Morgan fingerprint density at radius 1 is 1.71 bits per heavy atom. The van der Waals surface area contributed by atoms with Gasteiger partial charge in [0.15, 0.2) is 0 Å². The lowest BCUT2D eigenvalue weighted by atomic mass is 10.0. The van der Waals surface area contributed by atoms with Crippen LogP contribution in [0.25, 0.3) is 0 Å². The van der Waals surface area contributed by atoms with E-state index in [0.717, 1.165) is 0 Å². The number of carboxylic acids is 1. The maximum atomic E-state index is 11.5. The van der Waals surface area contributed by atoms with Gasteiger partial charge in [-0.25, -0.2) is 4.79 Å². The Morgan fingerprint density at radius 3 is 2.64 bits per heavy atom. The molecule has 0 saturated carbocycles. The van der Waals surface area contributed by atoms with Crippen molar-refractivity contribution < 1.29 is 14.7 Å². The Kier molecular flexibility index (Phi) is 2.64. The van der Waals surface area contributed by atoms with Gasteiger partial charge in [0.25, 0.3) is 0 Å². The predicted octanol–water partition coefficient (Wildman–Crippen LogP) is 0.884. The second kappa shape index (κ2) is 3.44. The first-order chi connectivity index (χ1) is 6.39. The van der Waals surface area contributed by atoms with Crippen molar-refractivity contribution in [2.24, 2.45) is 5.92 Å². The monoisotopic (exact) mass is 197 g/mol. The van der Waals surface area contributed by atoms with Gasteiger partial charge in [-0.15, -0.1) is 6.58 Å². The van der Waals surface area contributed by atoms with E-state index in [1.54, 1.807) is 19.9 Å². The second-order valence-corrected chi connectivity index (χ2v) is 4.07. The maximum absolute atomic E-state index is 11.5. The standard InChI is InChI=1S/C10H15NO3/c1-4-7-5-8(12)11(6-7)10(2,3)9(13)14/h4,7H,1,5-6H2,2-3H3,(H,13,14). The van der Waals surface area contributed by atoms with Gasteiger partial charge in [0.1, 0.15) is 5.54 Å². The number of nitrogens with zero attached hydrogens (tertiary/aromatic N) is 1. The molecule has 1 rings (SSSR count). The quantitative estimate of drug-likeness (QED) is 0.683. The minimum atomic E-state index is -1.12. The molecule has 1 fully saturated rings. The molecule has 0 aromatic rings. The molecule has 0 spiro atoms. The highest BCUT2D eigenvalue weighted by Gasteiger charge is 2.42. The van der Waals surface area contributed by atoms with Gasteiger partial charge in [0, 0.05) is 18.9 Å². The van der Waals surface area contributed by atoms with Gasteiger partial charge in [-0.2, -0.15) is 0 Å². The number of amides is 1. The number of likely N-dealkylation sites (tertiary alicyclic amines) is 1. The summed E-state index contributed by atoms with van der Waals surface area (Å²) < 4.78 is 0. The highest BCUT2D eigenvalue weighted by atomic mass is 16.4. The van der Waals surface area contributed by atoms with Crippen LogP contribution in [0.1, 0.15) is 20.3 Å². The molecule has 4 heteroatoms. The number of hydrogen-bond acceptors (Lipinski definition) is 2. The number of carbonyl (C=O) groups excluding carboxylic acids is 1. The van der Waals surface area contributed by atoms with Gasteiger partial charge in [0.2, 0.25) is 5.91 Å². The summed E-state index contributed by atoms with van der Waals surface area (Å²) in [5, 5.41) is 8.96. The number of aliphatic carboxylic acids is 1. The molecule has 1 saturated heterocycles. The van der Waals surface area contributed by atoms with Crippen LogP contribution in [0.2, 0.25) is 0 Å². The summed E-state index contributed by atoms with van der Waals surface area (Å²) in [5.74, 6) is -1.00. The van der Waals surface area contributed by atoms with Crippen LogP contribution in [0.3, 0.4) is 0 Å². The van der Waals surface area contributed by atoms with Gasteiger partial charge in [-0.05, 0) is 13.8 Å². The van der Waals surface area contributed by atoms with Crippen molar-refractivity contribution in [3.8, 4) is 0 Å². The summed E-state index contributed by atoms with van der Waals surface area (Å²) in [6, 6.07) is 0. The van der Waals surface area contributed by atoms with E-state index in [2.05, 4.69) is 6.58 Å². The van der Waals surface area contributed by atoms with Gasteiger partial charge in [-0.1, -0.05) is 6.08 Å². The zero-order valence-corrected chi connectivity index (χ0v) is 8.49.